The summed E-state index contributed by atoms with van der Waals surface area (Å²) >= 11 is 5.96. The van der Waals surface area contributed by atoms with Crippen molar-refractivity contribution in [1.82, 2.24) is 15.8 Å². The molecule has 4 rings (SSSR count). The van der Waals surface area contributed by atoms with E-state index >= 15 is 0 Å². The summed E-state index contributed by atoms with van der Waals surface area (Å²) in [7, 11) is -4.38. The van der Waals surface area contributed by atoms with Crippen LogP contribution in [0.25, 0.3) is 10.9 Å². The average Bonchev–Trinajstić information content (AvgIpc) is 3.26. The van der Waals surface area contributed by atoms with Crippen molar-refractivity contribution in [3.05, 3.63) is 94.6 Å². The summed E-state index contributed by atoms with van der Waals surface area (Å²) in [6.45, 7) is 1.78. The van der Waals surface area contributed by atoms with Gasteiger partial charge in [0.1, 0.15) is 10.6 Å². The fourth-order valence-corrected chi connectivity index (χ4v) is 4.23. The summed E-state index contributed by atoms with van der Waals surface area (Å²) in [5.74, 6) is -1.38. The Morgan fingerprint density at radius 2 is 1.58 bits per heavy atom. The number of aromatic amines is 1. The molecule has 0 unspecified atom stereocenters. The Balaban J connectivity index is 1.41. The number of aryl methyl sites for hydroxylation is 1. The predicted molar refractivity (Wildman–Crippen MR) is 133 cm³/mol. The van der Waals surface area contributed by atoms with Crippen molar-refractivity contribution in [2.45, 2.75) is 11.8 Å². The van der Waals surface area contributed by atoms with Gasteiger partial charge in [-0.2, -0.15) is 8.42 Å². The summed E-state index contributed by atoms with van der Waals surface area (Å²) in [5, 5.41) is 3.46. The van der Waals surface area contributed by atoms with Crippen LogP contribution >= 0.6 is 11.6 Å². The summed E-state index contributed by atoms with van der Waals surface area (Å²) in [6, 6.07) is 18.2. The lowest BCUT2D eigenvalue weighted by atomic mass is 10.1. The molecule has 3 amide bonds. The number of aromatic nitrogens is 1. The van der Waals surface area contributed by atoms with Crippen LogP contribution in [-0.4, -0.2) is 31.3 Å². The van der Waals surface area contributed by atoms with Gasteiger partial charge >= 0.3 is 16.2 Å². The number of para-hydroxylation sites is 1. The molecule has 0 radical (unpaired) electrons. The van der Waals surface area contributed by atoms with E-state index in [0.29, 0.717) is 15.9 Å². The Labute approximate surface area is 210 Å². The number of carbonyl (C=O) groups excluding carboxylic acids is 3. The van der Waals surface area contributed by atoms with Crippen LogP contribution in [0.1, 0.15) is 26.4 Å². The minimum Gasteiger partial charge on any atom is -0.350 e. The highest BCUT2D eigenvalue weighted by Gasteiger charge is 2.22. The van der Waals surface area contributed by atoms with Gasteiger partial charge in [0.15, 0.2) is 0 Å². The van der Waals surface area contributed by atoms with Gasteiger partial charge in [0.05, 0.1) is 11.3 Å². The predicted octanol–water partition coefficient (Wildman–Crippen LogP) is 4.14. The van der Waals surface area contributed by atoms with Gasteiger partial charge in [0.25, 0.3) is 11.8 Å². The summed E-state index contributed by atoms with van der Waals surface area (Å²) < 4.78 is 29.3. The summed E-state index contributed by atoms with van der Waals surface area (Å²) in [5.41, 5.74) is 6.14. The first-order valence-electron chi connectivity index (χ1n) is 10.4. The van der Waals surface area contributed by atoms with E-state index in [1.54, 1.807) is 43.3 Å². The second-order valence-electron chi connectivity index (χ2n) is 7.63. The van der Waals surface area contributed by atoms with E-state index in [-0.39, 0.29) is 21.8 Å². The molecular formula is C24H19ClN4O6S. The molecule has 0 spiro atoms. The van der Waals surface area contributed by atoms with Crippen molar-refractivity contribution in [3.63, 3.8) is 0 Å². The number of carbonyl (C=O) groups is 3. The van der Waals surface area contributed by atoms with Crippen LogP contribution < -0.4 is 16.2 Å². The van der Waals surface area contributed by atoms with Crippen molar-refractivity contribution in [1.29, 1.82) is 0 Å². The number of fused-ring (bicyclic) bond motifs is 1. The standard InChI is InChI=1S/C24H19ClN4O6S/c1-14-6-9-17(10-7-14)36(33,34)35-24(32)27-20-5-3-2-4-18(20)22(30)28-29-23(31)21-13-15-12-16(25)8-11-19(15)26-21/h2-13,26H,1H3,(H,27,32)(H,28,30)(H,29,31). The Morgan fingerprint density at radius 1 is 0.889 bits per heavy atom. The molecule has 0 saturated heterocycles. The Hall–Kier alpha value is -4.35. The van der Waals surface area contributed by atoms with Crippen LogP contribution in [0, 0.1) is 6.92 Å². The highest BCUT2D eigenvalue weighted by atomic mass is 35.5. The molecule has 0 aliphatic carbocycles. The number of amides is 3. The van der Waals surface area contributed by atoms with E-state index in [1.807, 2.05) is 0 Å². The van der Waals surface area contributed by atoms with Gasteiger partial charge < -0.3 is 9.17 Å². The van der Waals surface area contributed by atoms with Crippen molar-refractivity contribution < 1.29 is 27.0 Å². The van der Waals surface area contributed by atoms with Gasteiger partial charge in [-0.05, 0) is 55.5 Å². The van der Waals surface area contributed by atoms with Crippen LogP contribution in [0.15, 0.2) is 77.7 Å². The monoisotopic (exact) mass is 526 g/mol. The molecule has 36 heavy (non-hydrogen) atoms. The molecule has 0 atom stereocenters. The smallest absolute Gasteiger partial charge is 0.350 e. The minimum absolute atomic E-state index is 0.0337. The first-order chi connectivity index (χ1) is 17.1. The SMILES string of the molecule is Cc1ccc(S(=O)(=O)OC(=O)Nc2ccccc2C(=O)NNC(=O)c2cc3cc(Cl)ccc3[nH]2)cc1. The molecule has 0 aliphatic heterocycles. The summed E-state index contributed by atoms with van der Waals surface area (Å²) in [4.78, 5) is 40.1. The number of hydrazine groups is 1. The van der Waals surface area contributed by atoms with Crippen molar-refractivity contribution in [2.24, 2.45) is 0 Å². The molecule has 4 aromatic rings. The molecule has 184 valence electrons. The maximum atomic E-state index is 12.7. The van der Waals surface area contributed by atoms with E-state index in [2.05, 4.69) is 25.3 Å². The van der Waals surface area contributed by atoms with E-state index in [1.165, 1.54) is 36.4 Å². The fraction of sp³-hybridized carbons (Fsp3) is 0.0417. The van der Waals surface area contributed by atoms with Crippen molar-refractivity contribution >= 4 is 56.2 Å². The van der Waals surface area contributed by atoms with Crippen molar-refractivity contribution in [2.75, 3.05) is 5.32 Å². The van der Waals surface area contributed by atoms with Gasteiger partial charge in [-0.3, -0.25) is 25.8 Å². The molecule has 1 aromatic heterocycles. The molecule has 0 aliphatic rings. The number of halogens is 1. The number of rotatable bonds is 5. The first-order valence-corrected chi connectivity index (χ1v) is 12.2. The second-order valence-corrected chi connectivity index (χ2v) is 9.61. The van der Waals surface area contributed by atoms with Gasteiger partial charge in [-0.25, -0.2) is 4.79 Å². The number of hydrogen-bond acceptors (Lipinski definition) is 6. The lowest BCUT2D eigenvalue weighted by molar-refractivity contribution is 0.0845. The molecule has 1 heterocycles. The highest BCUT2D eigenvalue weighted by molar-refractivity contribution is 7.87. The largest absolute Gasteiger partial charge is 0.427 e. The molecule has 12 heteroatoms. The Kier molecular flexibility index (Phi) is 6.95. The quantitative estimate of drug-likeness (QED) is 0.227. The zero-order valence-electron chi connectivity index (χ0n) is 18.7. The maximum Gasteiger partial charge on any atom is 0.427 e. The number of nitrogens with one attached hydrogen (secondary N) is 4. The minimum atomic E-state index is -4.38. The molecule has 0 fully saturated rings. The zero-order chi connectivity index (χ0) is 25.9. The average molecular weight is 527 g/mol. The number of benzene rings is 3. The number of anilines is 1. The van der Waals surface area contributed by atoms with Crippen LogP contribution in [-0.2, 0) is 14.3 Å². The number of H-pyrrole nitrogens is 1. The molecule has 3 aromatic carbocycles. The third-order valence-electron chi connectivity index (χ3n) is 5.02. The lowest BCUT2D eigenvalue weighted by Crippen LogP contribution is -2.42. The van der Waals surface area contributed by atoms with Crippen molar-refractivity contribution in [3.8, 4) is 0 Å². The molecular weight excluding hydrogens is 508 g/mol. The van der Waals surface area contributed by atoms with E-state index < -0.39 is 28.0 Å². The first kappa shape index (κ1) is 24.8. The fourth-order valence-electron chi connectivity index (χ4n) is 3.25. The molecule has 0 bridgehead atoms. The second kappa shape index (κ2) is 10.1. The normalized spacial score (nSPS) is 11.1. The maximum absolute atomic E-state index is 12.7. The topological polar surface area (TPSA) is 146 Å². The Bertz CT molecular complexity index is 1580. The Morgan fingerprint density at radius 3 is 2.33 bits per heavy atom. The zero-order valence-corrected chi connectivity index (χ0v) is 20.2. The van der Waals surface area contributed by atoms with Gasteiger partial charge in [0.2, 0.25) is 0 Å². The lowest BCUT2D eigenvalue weighted by Gasteiger charge is -2.12. The molecule has 0 saturated carbocycles. The van der Waals surface area contributed by atoms with Gasteiger partial charge in [-0.1, -0.05) is 41.4 Å². The third-order valence-corrected chi connectivity index (χ3v) is 6.48. The number of hydrogen-bond donors (Lipinski definition) is 4. The van der Waals surface area contributed by atoms with Crippen LogP contribution in [0.5, 0.6) is 0 Å². The van der Waals surface area contributed by atoms with Gasteiger partial charge in [-0.15, -0.1) is 0 Å². The third kappa shape index (κ3) is 5.65. The van der Waals surface area contributed by atoms with Crippen LogP contribution in [0.4, 0.5) is 10.5 Å². The summed E-state index contributed by atoms with van der Waals surface area (Å²) in [6.07, 6.45) is -1.31. The molecule has 10 nitrogen and oxygen atoms in total. The van der Waals surface area contributed by atoms with Crippen LogP contribution in [0.2, 0.25) is 5.02 Å². The van der Waals surface area contributed by atoms with E-state index in [9.17, 15) is 22.8 Å². The van der Waals surface area contributed by atoms with Crippen LogP contribution in [0.3, 0.4) is 0 Å². The van der Waals surface area contributed by atoms with E-state index in [0.717, 1.165) is 5.56 Å². The van der Waals surface area contributed by atoms with E-state index in [4.69, 9.17) is 11.6 Å². The van der Waals surface area contributed by atoms with Gasteiger partial charge in [0, 0.05) is 15.9 Å². The molecule has 4 N–H and O–H groups in total. The highest BCUT2D eigenvalue weighted by Crippen LogP contribution is 2.20.